The van der Waals surface area contributed by atoms with Gasteiger partial charge in [0, 0.05) is 0 Å². The molecule has 0 amide bonds. The molecule has 5 nitrogen and oxygen atoms in total. The van der Waals surface area contributed by atoms with Crippen molar-refractivity contribution in [3.8, 4) is 11.5 Å². The Hall–Kier alpha value is -1.27. The van der Waals surface area contributed by atoms with E-state index >= 15 is 0 Å². The van der Waals surface area contributed by atoms with Crippen LogP contribution in [0, 0.1) is 0 Å². The second-order valence-corrected chi connectivity index (χ2v) is 6.42. The number of para-hydroxylation sites is 2. The first kappa shape index (κ1) is 17.8. The first-order valence-corrected chi connectivity index (χ1v) is 8.93. The zero-order valence-corrected chi connectivity index (χ0v) is 13.3. The summed E-state index contributed by atoms with van der Waals surface area (Å²) in [7, 11) is -3.92. The van der Waals surface area contributed by atoms with Crippen molar-refractivity contribution in [1.82, 2.24) is 0 Å². The minimum Gasteiger partial charge on any atom is -0.490 e. The fourth-order valence-corrected chi connectivity index (χ4v) is 2.31. The Balaban J connectivity index is 2.36. The smallest absolute Gasteiger partial charge is 0.264 e. The molecule has 0 radical (unpaired) electrons. The molecule has 1 N–H and O–H groups in total. The highest BCUT2D eigenvalue weighted by Gasteiger charge is 2.07. The SMILES string of the molecule is CCCCCCOc1ccccc1OCCCS(=O)(=O)O. The zero-order valence-electron chi connectivity index (χ0n) is 12.5. The quantitative estimate of drug-likeness (QED) is 0.501. The number of benzene rings is 1. The van der Waals surface area contributed by atoms with Gasteiger partial charge in [0.2, 0.25) is 0 Å². The van der Waals surface area contributed by atoms with Gasteiger partial charge < -0.3 is 9.47 Å². The van der Waals surface area contributed by atoms with Crippen LogP contribution in [0.25, 0.3) is 0 Å². The normalized spacial score (nSPS) is 11.3. The summed E-state index contributed by atoms with van der Waals surface area (Å²) in [5.74, 6) is 0.969. The van der Waals surface area contributed by atoms with E-state index in [0.717, 1.165) is 12.8 Å². The largest absolute Gasteiger partial charge is 0.490 e. The van der Waals surface area contributed by atoms with Gasteiger partial charge in [-0.3, -0.25) is 4.55 Å². The van der Waals surface area contributed by atoms with Crippen LogP contribution in [0.5, 0.6) is 11.5 Å². The molecule has 0 aliphatic carbocycles. The highest BCUT2D eigenvalue weighted by molar-refractivity contribution is 7.85. The van der Waals surface area contributed by atoms with Gasteiger partial charge in [-0.15, -0.1) is 0 Å². The first-order valence-electron chi connectivity index (χ1n) is 7.32. The van der Waals surface area contributed by atoms with Gasteiger partial charge in [0.25, 0.3) is 10.1 Å². The second kappa shape index (κ2) is 9.63. The van der Waals surface area contributed by atoms with Crippen LogP contribution >= 0.6 is 0 Å². The molecule has 0 saturated heterocycles. The Morgan fingerprint density at radius 2 is 1.52 bits per heavy atom. The minimum atomic E-state index is -3.92. The highest BCUT2D eigenvalue weighted by Crippen LogP contribution is 2.26. The van der Waals surface area contributed by atoms with Crippen molar-refractivity contribution in [3.05, 3.63) is 24.3 Å². The molecule has 1 aromatic carbocycles. The molecule has 0 unspecified atom stereocenters. The van der Waals surface area contributed by atoms with Crippen molar-refractivity contribution in [2.45, 2.75) is 39.0 Å². The molecule has 0 heterocycles. The summed E-state index contributed by atoms with van der Waals surface area (Å²) in [4.78, 5) is 0. The van der Waals surface area contributed by atoms with Crippen molar-refractivity contribution >= 4 is 10.1 Å². The monoisotopic (exact) mass is 316 g/mol. The van der Waals surface area contributed by atoms with Crippen LogP contribution in [-0.4, -0.2) is 31.9 Å². The molecule has 1 rings (SSSR count). The van der Waals surface area contributed by atoms with E-state index in [1.807, 2.05) is 18.2 Å². The summed E-state index contributed by atoms with van der Waals surface area (Å²) in [5.41, 5.74) is 0. The minimum absolute atomic E-state index is 0.218. The standard InChI is InChI=1S/C15H24O5S/c1-2-3-4-7-11-19-14-9-5-6-10-15(14)20-12-8-13-21(16,17)18/h5-6,9-10H,2-4,7-8,11-13H2,1H3,(H,16,17,18). The molecule has 0 aliphatic heterocycles. The lowest BCUT2D eigenvalue weighted by Gasteiger charge is -2.12. The van der Waals surface area contributed by atoms with E-state index in [2.05, 4.69) is 6.92 Å². The summed E-state index contributed by atoms with van der Waals surface area (Å²) in [6.45, 7) is 3.03. The van der Waals surface area contributed by atoms with E-state index in [9.17, 15) is 8.42 Å². The van der Waals surface area contributed by atoms with Gasteiger partial charge in [-0.25, -0.2) is 0 Å². The lowest BCUT2D eigenvalue weighted by atomic mass is 10.2. The Morgan fingerprint density at radius 1 is 0.952 bits per heavy atom. The third-order valence-corrected chi connectivity index (χ3v) is 3.71. The van der Waals surface area contributed by atoms with Crippen LogP contribution in [0.3, 0.4) is 0 Å². The number of unbranched alkanes of at least 4 members (excludes halogenated alkanes) is 3. The van der Waals surface area contributed by atoms with E-state index in [-0.39, 0.29) is 18.8 Å². The predicted octanol–water partition coefficient (Wildman–Crippen LogP) is 3.30. The second-order valence-electron chi connectivity index (χ2n) is 4.84. The van der Waals surface area contributed by atoms with Gasteiger partial charge in [-0.05, 0) is 25.0 Å². The molecular formula is C15H24O5S. The van der Waals surface area contributed by atoms with Crippen molar-refractivity contribution < 1.29 is 22.4 Å². The van der Waals surface area contributed by atoms with Crippen LogP contribution in [0.4, 0.5) is 0 Å². The molecule has 0 aromatic heterocycles. The van der Waals surface area contributed by atoms with Crippen molar-refractivity contribution in [2.75, 3.05) is 19.0 Å². The number of hydrogen-bond acceptors (Lipinski definition) is 4. The van der Waals surface area contributed by atoms with Crippen LogP contribution in [0.15, 0.2) is 24.3 Å². The average Bonchev–Trinajstić information content (AvgIpc) is 2.43. The van der Waals surface area contributed by atoms with Crippen LogP contribution in [0.2, 0.25) is 0 Å². The van der Waals surface area contributed by atoms with Gasteiger partial charge in [0.1, 0.15) is 0 Å². The maximum absolute atomic E-state index is 10.6. The molecule has 0 fully saturated rings. The van der Waals surface area contributed by atoms with E-state index in [0.29, 0.717) is 18.1 Å². The average molecular weight is 316 g/mol. The highest BCUT2D eigenvalue weighted by atomic mass is 32.2. The molecule has 6 heteroatoms. The number of ether oxygens (including phenoxy) is 2. The van der Waals surface area contributed by atoms with Gasteiger partial charge in [-0.2, -0.15) is 8.42 Å². The van der Waals surface area contributed by atoms with E-state index in [1.165, 1.54) is 12.8 Å². The summed E-state index contributed by atoms with van der Waals surface area (Å²) < 4.78 is 41.1. The lowest BCUT2D eigenvalue weighted by molar-refractivity contribution is 0.263. The molecule has 0 atom stereocenters. The summed E-state index contributed by atoms with van der Waals surface area (Å²) in [6, 6.07) is 7.32. The third-order valence-electron chi connectivity index (χ3n) is 2.91. The summed E-state index contributed by atoms with van der Waals surface area (Å²) >= 11 is 0. The molecule has 120 valence electrons. The molecule has 0 aliphatic rings. The molecule has 1 aromatic rings. The van der Waals surface area contributed by atoms with Crippen molar-refractivity contribution in [2.24, 2.45) is 0 Å². The van der Waals surface area contributed by atoms with Gasteiger partial charge in [0.05, 0.1) is 19.0 Å². The lowest BCUT2D eigenvalue weighted by Crippen LogP contribution is -2.09. The Morgan fingerprint density at radius 3 is 2.05 bits per heavy atom. The van der Waals surface area contributed by atoms with Crippen molar-refractivity contribution in [1.29, 1.82) is 0 Å². The third kappa shape index (κ3) is 8.57. The zero-order chi connectivity index (χ0) is 15.6. The fourth-order valence-electron chi connectivity index (χ4n) is 1.82. The topological polar surface area (TPSA) is 72.8 Å². The van der Waals surface area contributed by atoms with Gasteiger partial charge >= 0.3 is 0 Å². The molecule has 21 heavy (non-hydrogen) atoms. The van der Waals surface area contributed by atoms with E-state index < -0.39 is 10.1 Å². The number of rotatable bonds is 11. The Labute approximate surface area is 127 Å². The van der Waals surface area contributed by atoms with Gasteiger partial charge in [0.15, 0.2) is 11.5 Å². The summed E-state index contributed by atoms with van der Waals surface area (Å²) in [5, 5.41) is 0. The predicted molar refractivity (Wildman–Crippen MR) is 82.6 cm³/mol. The molecule has 0 spiro atoms. The Bertz CT molecular complexity index is 499. The molecule has 0 bridgehead atoms. The fraction of sp³-hybridized carbons (Fsp3) is 0.600. The summed E-state index contributed by atoms with van der Waals surface area (Å²) in [6.07, 6.45) is 4.78. The molecule has 0 saturated carbocycles. The Kier molecular flexibility index (Phi) is 8.15. The van der Waals surface area contributed by atoms with Crippen LogP contribution < -0.4 is 9.47 Å². The maximum Gasteiger partial charge on any atom is 0.264 e. The van der Waals surface area contributed by atoms with E-state index in [1.54, 1.807) is 6.07 Å². The maximum atomic E-state index is 10.6. The van der Waals surface area contributed by atoms with Crippen LogP contribution in [-0.2, 0) is 10.1 Å². The first-order chi connectivity index (χ1) is 10.0. The van der Waals surface area contributed by atoms with Crippen molar-refractivity contribution in [3.63, 3.8) is 0 Å². The van der Waals surface area contributed by atoms with Gasteiger partial charge in [-0.1, -0.05) is 38.3 Å². The van der Waals surface area contributed by atoms with Crippen LogP contribution in [0.1, 0.15) is 39.0 Å². The molecular weight excluding hydrogens is 292 g/mol. The van der Waals surface area contributed by atoms with E-state index in [4.69, 9.17) is 14.0 Å². The number of hydrogen-bond donors (Lipinski definition) is 1.